The lowest BCUT2D eigenvalue weighted by molar-refractivity contribution is -0.209. The lowest BCUT2D eigenvalue weighted by Gasteiger charge is -2.31. The molecule has 2 nitrogen and oxygen atoms in total. The van der Waals surface area contributed by atoms with E-state index in [1.54, 1.807) is 0 Å². The van der Waals surface area contributed by atoms with Crippen LogP contribution in [0, 0.1) is 0 Å². The third-order valence-electron chi connectivity index (χ3n) is 3.67. The van der Waals surface area contributed by atoms with E-state index in [-0.39, 0.29) is 0 Å². The molecule has 0 bridgehead atoms. The molecule has 0 unspecified atom stereocenters. The molecule has 2 fully saturated rings. The van der Waals surface area contributed by atoms with Gasteiger partial charge in [-0.1, -0.05) is 38.5 Å². The van der Waals surface area contributed by atoms with E-state index < -0.39 is 0 Å². The Morgan fingerprint density at radius 1 is 0.667 bits per heavy atom. The summed E-state index contributed by atoms with van der Waals surface area (Å²) in [7, 11) is 0. The molecular weight excluding hydrogens is 186 g/mol. The maximum absolute atomic E-state index is 6.10. The predicted molar refractivity (Wildman–Crippen MR) is 62.6 cm³/mol. The molecule has 0 aromatic carbocycles. The van der Waals surface area contributed by atoms with Crippen LogP contribution in [0.3, 0.4) is 0 Å². The summed E-state index contributed by atoms with van der Waals surface area (Å²) < 4.78 is 0. The van der Waals surface area contributed by atoms with Gasteiger partial charge in [-0.3, -0.25) is 4.84 Å². The van der Waals surface area contributed by atoms with Crippen molar-refractivity contribution in [3.8, 4) is 0 Å². The Kier molecular flexibility index (Phi) is 4.94. The van der Waals surface area contributed by atoms with Crippen LogP contribution < -0.4 is 0 Å². The summed E-state index contributed by atoms with van der Waals surface area (Å²) >= 11 is 0. The molecule has 2 aliphatic rings. The molecule has 0 atom stereocenters. The van der Waals surface area contributed by atoms with Crippen LogP contribution in [0.15, 0.2) is 0 Å². The summed E-state index contributed by atoms with van der Waals surface area (Å²) in [5.41, 5.74) is 0. The van der Waals surface area contributed by atoms with Gasteiger partial charge < -0.3 is 0 Å². The van der Waals surface area contributed by atoms with Crippen molar-refractivity contribution in [3.05, 3.63) is 0 Å². The van der Waals surface area contributed by atoms with E-state index in [4.69, 9.17) is 4.84 Å². The van der Waals surface area contributed by atoms with Gasteiger partial charge in [0.2, 0.25) is 0 Å². The van der Waals surface area contributed by atoms with Crippen LogP contribution in [-0.2, 0) is 4.84 Å². The zero-order chi connectivity index (χ0) is 10.3. The van der Waals surface area contributed by atoms with Crippen LogP contribution in [0.5, 0.6) is 0 Å². The van der Waals surface area contributed by atoms with E-state index >= 15 is 0 Å². The molecule has 2 heteroatoms. The van der Waals surface area contributed by atoms with E-state index in [1.165, 1.54) is 64.2 Å². The van der Waals surface area contributed by atoms with Gasteiger partial charge in [-0.25, -0.2) is 0 Å². The number of hydrogen-bond donors (Lipinski definition) is 0. The number of hydroxylamine groups is 2. The van der Waals surface area contributed by atoms with E-state index in [1.807, 2.05) is 0 Å². The van der Waals surface area contributed by atoms with Crippen molar-refractivity contribution in [2.24, 2.45) is 0 Å². The van der Waals surface area contributed by atoms with E-state index in [2.05, 4.69) is 5.06 Å². The largest absolute Gasteiger partial charge is 0.296 e. The fraction of sp³-hybridized carbons (Fsp3) is 1.00. The van der Waals surface area contributed by atoms with Gasteiger partial charge in [-0.15, -0.1) is 0 Å². The van der Waals surface area contributed by atoms with Crippen molar-refractivity contribution in [1.82, 2.24) is 5.06 Å². The predicted octanol–water partition coefficient (Wildman–Crippen LogP) is 3.52. The fourth-order valence-electron chi connectivity index (χ4n) is 2.71. The first-order chi connectivity index (χ1) is 7.45. The number of rotatable bonds is 2. The maximum Gasteiger partial charge on any atom is 0.0793 e. The summed E-state index contributed by atoms with van der Waals surface area (Å²) in [5.74, 6) is 0. The minimum Gasteiger partial charge on any atom is -0.296 e. The van der Waals surface area contributed by atoms with E-state index in [0.29, 0.717) is 6.10 Å². The minimum absolute atomic E-state index is 0.531. The third-order valence-corrected chi connectivity index (χ3v) is 3.67. The average molecular weight is 211 g/mol. The van der Waals surface area contributed by atoms with Crippen LogP contribution in [0.1, 0.15) is 64.2 Å². The molecule has 15 heavy (non-hydrogen) atoms. The van der Waals surface area contributed by atoms with Gasteiger partial charge in [0.15, 0.2) is 0 Å². The molecule has 88 valence electrons. The topological polar surface area (TPSA) is 12.5 Å². The number of hydrogen-bond acceptors (Lipinski definition) is 2. The molecule has 0 aromatic heterocycles. The molecule has 1 aliphatic heterocycles. The smallest absolute Gasteiger partial charge is 0.0793 e. The minimum atomic E-state index is 0.531. The van der Waals surface area contributed by atoms with Crippen molar-refractivity contribution in [2.45, 2.75) is 70.3 Å². The second kappa shape index (κ2) is 6.49. The third kappa shape index (κ3) is 4.12. The van der Waals surface area contributed by atoms with Crippen LogP contribution in [0.25, 0.3) is 0 Å². The van der Waals surface area contributed by atoms with Crippen LogP contribution >= 0.6 is 0 Å². The van der Waals surface area contributed by atoms with Crippen molar-refractivity contribution in [3.63, 3.8) is 0 Å². The zero-order valence-corrected chi connectivity index (χ0v) is 9.92. The lowest BCUT2D eigenvalue weighted by Crippen LogP contribution is -2.34. The summed E-state index contributed by atoms with van der Waals surface area (Å²) in [4.78, 5) is 6.10. The second-order valence-electron chi connectivity index (χ2n) is 5.06. The average Bonchev–Trinajstić information content (AvgIpc) is 2.23. The van der Waals surface area contributed by atoms with Gasteiger partial charge in [0.1, 0.15) is 0 Å². The Bertz CT molecular complexity index is 158. The van der Waals surface area contributed by atoms with Gasteiger partial charge in [0, 0.05) is 13.1 Å². The first-order valence-electron chi connectivity index (χ1n) is 6.87. The molecule has 0 N–H and O–H groups in total. The highest BCUT2D eigenvalue weighted by molar-refractivity contribution is 4.64. The Labute approximate surface area is 93.9 Å². The maximum atomic E-state index is 6.10. The van der Waals surface area contributed by atoms with Gasteiger partial charge >= 0.3 is 0 Å². The summed E-state index contributed by atoms with van der Waals surface area (Å²) in [5, 5.41) is 2.23. The molecule has 0 aromatic rings. The number of nitrogens with zero attached hydrogens (tertiary/aromatic N) is 1. The molecule has 1 saturated heterocycles. The quantitative estimate of drug-likeness (QED) is 0.693. The molecule has 1 saturated carbocycles. The Hall–Kier alpha value is -0.0800. The van der Waals surface area contributed by atoms with Crippen molar-refractivity contribution < 1.29 is 4.84 Å². The second-order valence-corrected chi connectivity index (χ2v) is 5.06. The highest BCUT2D eigenvalue weighted by Crippen LogP contribution is 2.21. The normalized spacial score (nSPS) is 27.2. The van der Waals surface area contributed by atoms with Crippen molar-refractivity contribution >= 4 is 0 Å². The van der Waals surface area contributed by atoms with Crippen LogP contribution in [-0.4, -0.2) is 24.3 Å². The van der Waals surface area contributed by atoms with Gasteiger partial charge in [-0.2, -0.15) is 5.06 Å². The molecule has 0 radical (unpaired) electrons. The van der Waals surface area contributed by atoms with E-state index in [0.717, 1.165) is 13.1 Å². The lowest BCUT2D eigenvalue weighted by atomic mass is 9.99. The molecular formula is C13H25NO. The molecule has 0 spiro atoms. The van der Waals surface area contributed by atoms with Crippen molar-refractivity contribution in [1.29, 1.82) is 0 Å². The molecule has 1 heterocycles. The Balaban J connectivity index is 1.70. The zero-order valence-electron chi connectivity index (χ0n) is 9.92. The standard InChI is InChI=1S/C13H25NO/c1-2-5-9-13(10-6-3-1)15-14-11-7-4-8-12-14/h13H,1-12H2. The Morgan fingerprint density at radius 2 is 1.20 bits per heavy atom. The van der Waals surface area contributed by atoms with Gasteiger partial charge in [0.05, 0.1) is 6.10 Å². The Morgan fingerprint density at radius 3 is 1.87 bits per heavy atom. The summed E-state index contributed by atoms with van der Waals surface area (Å²) in [6, 6.07) is 0. The highest BCUT2D eigenvalue weighted by atomic mass is 16.7. The van der Waals surface area contributed by atoms with E-state index in [9.17, 15) is 0 Å². The fourth-order valence-corrected chi connectivity index (χ4v) is 2.71. The van der Waals surface area contributed by atoms with Gasteiger partial charge in [0.25, 0.3) is 0 Å². The van der Waals surface area contributed by atoms with Crippen LogP contribution in [0.2, 0.25) is 0 Å². The molecule has 2 rings (SSSR count). The highest BCUT2D eigenvalue weighted by Gasteiger charge is 2.17. The monoisotopic (exact) mass is 211 g/mol. The molecule has 1 aliphatic carbocycles. The first kappa shape index (κ1) is 11.4. The van der Waals surface area contributed by atoms with Crippen LogP contribution in [0.4, 0.5) is 0 Å². The van der Waals surface area contributed by atoms with Crippen molar-refractivity contribution in [2.75, 3.05) is 13.1 Å². The summed E-state index contributed by atoms with van der Waals surface area (Å²) in [6.45, 7) is 2.33. The first-order valence-corrected chi connectivity index (χ1v) is 6.87. The molecule has 0 amide bonds. The SMILES string of the molecule is C1CCCC(ON2CCCCC2)CCC1. The van der Waals surface area contributed by atoms with Gasteiger partial charge in [-0.05, 0) is 25.7 Å². The number of piperidine rings is 1. The summed E-state index contributed by atoms with van der Waals surface area (Å²) in [6.07, 6.45) is 14.2.